The van der Waals surface area contributed by atoms with Crippen molar-refractivity contribution in [2.75, 3.05) is 11.4 Å². The minimum absolute atomic E-state index is 0.0629. The molecule has 0 radical (unpaired) electrons. The smallest absolute Gasteiger partial charge is 0.344 e. The number of ketones is 1. The second-order valence-electron chi connectivity index (χ2n) is 6.44. The van der Waals surface area contributed by atoms with Crippen LogP contribution in [-0.2, 0) is 4.74 Å². The van der Waals surface area contributed by atoms with Gasteiger partial charge in [-0.3, -0.25) is 9.78 Å². The molecule has 2 aliphatic heterocycles. The Labute approximate surface area is 148 Å². The molecule has 1 saturated heterocycles. The van der Waals surface area contributed by atoms with Crippen molar-refractivity contribution < 1.29 is 35.9 Å². The number of carbonyl (C=O) groups excluding carboxylic acids is 1. The first kappa shape index (κ1) is 18.0. The maximum absolute atomic E-state index is 13.6. The number of hydrogen-bond acceptors (Lipinski definition) is 4. The quantitative estimate of drug-likeness (QED) is 0.530. The van der Waals surface area contributed by atoms with E-state index < -0.39 is 41.6 Å². The van der Waals surface area contributed by atoms with E-state index in [1.54, 1.807) is 4.90 Å². The van der Waals surface area contributed by atoms with Crippen molar-refractivity contribution in [3.63, 3.8) is 0 Å². The number of pyridine rings is 1. The molecule has 2 atom stereocenters. The van der Waals surface area contributed by atoms with Crippen LogP contribution in [0.4, 0.5) is 32.0 Å². The number of alkyl halides is 6. The molecule has 1 fully saturated rings. The molecule has 0 spiro atoms. The second kappa shape index (κ2) is 5.82. The summed E-state index contributed by atoms with van der Waals surface area (Å²) in [6.07, 6.45) is -11.1. The molecule has 10 heteroatoms. The van der Waals surface area contributed by atoms with E-state index in [1.807, 2.05) is 0 Å². The van der Waals surface area contributed by atoms with E-state index in [2.05, 4.69) is 4.98 Å². The van der Waals surface area contributed by atoms with Gasteiger partial charge < -0.3 is 9.64 Å². The van der Waals surface area contributed by atoms with Gasteiger partial charge in [0.15, 0.2) is 6.10 Å². The molecular formula is C17H12F6N2O2. The Morgan fingerprint density at radius 2 is 1.96 bits per heavy atom. The molecule has 4 rings (SSSR count). The lowest BCUT2D eigenvalue weighted by Gasteiger charge is -2.39. The maximum atomic E-state index is 13.6. The molecule has 0 N–H and O–H groups in total. The molecule has 144 valence electrons. The molecule has 1 aromatic heterocycles. The molecule has 1 aromatic carbocycles. The van der Waals surface area contributed by atoms with E-state index in [4.69, 9.17) is 4.74 Å². The molecular weight excluding hydrogens is 378 g/mol. The van der Waals surface area contributed by atoms with E-state index in [1.165, 1.54) is 18.3 Å². The molecule has 0 aliphatic carbocycles. The predicted octanol–water partition coefficient (Wildman–Crippen LogP) is 4.54. The minimum atomic E-state index is -5.23. The average Bonchev–Trinajstić information content (AvgIpc) is 3.06. The summed E-state index contributed by atoms with van der Waals surface area (Å²) in [5.41, 5.74) is -1.35. The van der Waals surface area contributed by atoms with E-state index in [0.29, 0.717) is 25.5 Å². The molecule has 0 saturated carbocycles. The third-order valence-electron chi connectivity index (χ3n) is 4.76. The van der Waals surface area contributed by atoms with Crippen LogP contribution in [0.2, 0.25) is 0 Å². The van der Waals surface area contributed by atoms with Crippen LogP contribution in [-0.4, -0.2) is 35.9 Å². The van der Waals surface area contributed by atoms with Crippen LogP contribution in [0, 0.1) is 0 Å². The topological polar surface area (TPSA) is 42.4 Å². The van der Waals surface area contributed by atoms with Crippen molar-refractivity contribution in [3.8, 4) is 0 Å². The SMILES string of the molecule is O=C(c1cc2c(c3ncccc13)N1CCCC1OC2C(F)(F)F)C(F)(F)F. The molecule has 2 unspecified atom stereocenters. The number of ether oxygens (including phenoxy) is 1. The van der Waals surface area contributed by atoms with Crippen molar-refractivity contribution in [2.45, 2.75) is 37.5 Å². The summed E-state index contributed by atoms with van der Waals surface area (Å²) in [6.45, 7) is 0.389. The normalized spacial score (nSPS) is 22.7. The van der Waals surface area contributed by atoms with Gasteiger partial charge in [0.25, 0.3) is 5.78 Å². The van der Waals surface area contributed by atoms with Gasteiger partial charge in [-0.2, -0.15) is 26.3 Å². The van der Waals surface area contributed by atoms with Crippen LogP contribution in [0.15, 0.2) is 24.4 Å². The highest BCUT2D eigenvalue weighted by Crippen LogP contribution is 2.50. The first-order valence-electron chi connectivity index (χ1n) is 8.11. The number of anilines is 1. The van der Waals surface area contributed by atoms with E-state index >= 15 is 0 Å². The Morgan fingerprint density at radius 1 is 1.22 bits per heavy atom. The number of Topliss-reactive ketones (excluding diaryl/α,β-unsaturated/α-hetero) is 1. The van der Waals surface area contributed by atoms with Crippen molar-refractivity contribution in [3.05, 3.63) is 35.5 Å². The summed E-state index contributed by atoms with van der Waals surface area (Å²) < 4.78 is 84.9. The van der Waals surface area contributed by atoms with Gasteiger partial charge in [-0.15, -0.1) is 0 Å². The highest BCUT2D eigenvalue weighted by atomic mass is 19.4. The fraction of sp³-hybridized carbons (Fsp3) is 0.412. The number of hydrogen-bond donors (Lipinski definition) is 0. The monoisotopic (exact) mass is 390 g/mol. The minimum Gasteiger partial charge on any atom is -0.344 e. The largest absolute Gasteiger partial charge is 0.454 e. The van der Waals surface area contributed by atoms with Crippen LogP contribution in [0.5, 0.6) is 0 Å². The number of benzene rings is 1. The first-order chi connectivity index (χ1) is 12.6. The van der Waals surface area contributed by atoms with E-state index in [0.717, 1.165) is 0 Å². The van der Waals surface area contributed by atoms with Gasteiger partial charge in [-0.05, 0) is 25.0 Å². The Balaban J connectivity index is 2.05. The zero-order valence-electron chi connectivity index (χ0n) is 13.6. The molecule has 0 amide bonds. The van der Waals surface area contributed by atoms with Gasteiger partial charge in [0.05, 0.1) is 11.2 Å². The number of fused-ring (bicyclic) bond motifs is 5. The highest BCUT2D eigenvalue weighted by molar-refractivity contribution is 6.13. The number of nitrogens with zero attached hydrogens (tertiary/aromatic N) is 2. The summed E-state index contributed by atoms with van der Waals surface area (Å²) in [4.78, 5) is 17.5. The van der Waals surface area contributed by atoms with Crippen molar-refractivity contribution in [1.29, 1.82) is 0 Å². The third kappa shape index (κ3) is 2.82. The standard InChI is InChI=1S/C17H12F6N2O2/c18-16(19,20)14(26)9-7-10-13(12-8(9)3-1-5-24-12)25-6-2-4-11(25)27-15(10)17(21,22)23/h1,3,5,7,11,15H,2,4,6H2. The number of aromatic nitrogens is 1. The van der Waals surface area contributed by atoms with Crippen LogP contribution in [0.3, 0.4) is 0 Å². The number of rotatable bonds is 1. The van der Waals surface area contributed by atoms with E-state index in [-0.39, 0.29) is 16.6 Å². The van der Waals surface area contributed by atoms with Gasteiger partial charge in [0, 0.05) is 29.3 Å². The molecule has 3 heterocycles. The molecule has 2 aromatic rings. The van der Waals surface area contributed by atoms with E-state index in [9.17, 15) is 31.1 Å². The number of carbonyl (C=O) groups is 1. The van der Waals surface area contributed by atoms with Gasteiger partial charge in [-0.1, -0.05) is 6.07 Å². The summed E-state index contributed by atoms with van der Waals surface area (Å²) in [6, 6.07) is 3.25. The summed E-state index contributed by atoms with van der Waals surface area (Å²) in [5.74, 6) is -2.22. The first-order valence-corrected chi connectivity index (χ1v) is 8.11. The van der Waals surface area contributed by atoms with Crippen LogP contribution < -0.4 is 4.90 Å². The maximum Gasteiger partial charge on any atom is 0.454 e. The van der Waals surface area contributed by atoms with Gasteiger partial charge >= 0.3 is 12.4 Å². The average molecular weight is 390 g/mol. The second-order valence-corrected chi connectivity index (χ2v) is 6.44. The van der Waals surface area contributed by atoms with Crippen molar-refractivity contribution in [1.82, 2.24) is 4.98 Å². The van der Waals surface area contributed by atoms with Crippen LogP contribution in [0.1, 0.15) is 34.9 Å². The molecule has 4 nitrogen and oxygen atoms in total. The predicted molar refractivity (Wildman–Crippen MR) is 82.4 cm³/mol. The van der Waals surface area contributed by atoms with Gasteiger partial charge in [0.2, 0.25) is 0 Å². The molecule has 27 heavy (non-hydrogen) atoms. The molecule has 0 bridgehead atoms. The lowest BCUT2D eigenvalue weighted by molar-refractivity contribution is -0.238. The van der Waals surface area contributed by atoms with Gasteiger partial charge in [-0.25, -0.2) is 0 Å². The van der Waals surface area contributed by atoms with Crippen LogP contribution >= 0.6 is 0 Å². The molecule has 2 aliphatic rings. The fourth-order valence-corrected chi connectivity index (χ4v) is 3.71. The summed E-state index contributed by atoms with van der Waals surface area (Å²) in [7, 11) is 0. The van der Waals surface area contributed by atoms with Crippen molar-refractivity contribution in [2.24, 2.45) is 0 Å². The Hall–Kier alpha value is -2.36. The third-order valence-corrected chi connectivity index (χ3v) is 4.76. The zero-order valence-corrected chi connectivity index (χ0v) is 13.6. The van der Waals surface area contributed by atoms with Crippen LogP contribution in [0.25, 0.3) is 10.9 Å². The summed E-state index contributed by atoms with van der Waals surface area (Å²) >= 11 is 0. The Morgan fingerprint density at radius 3 is 2.63 bits per heavy atom. The lowest BCUT2D eigenvalue weighted by Crippen LogP contribution is -2.42. The fourth-order valence-electron chi connectivity index (χ4n) is 3.71. The summed E-state index contributed by atoms with van der Waals surface area (Å²) in [5, 5.41) is -0.132. The highest BCUT2D eigenvalue weighted by Gasteiger charge is 2.51. The Bertz CT molecular complexity index is 924. The zero-order chi connectivity index (χ0) is 19.6. The lowest BCUT2D eigenvalue weighted by atomic mass is 9.94. The Kier molecular flexibility index (Phi) is 3.88. The van der Waals surface area contributed by atoms with Gasteiger partial charge in [0.1, 0.15) is 6.23 Å². The van der Waals surface area contributed by atoms with Crippen molar-refractivity contribution >= 4 is 22.4 Å². The number of halogens is 6.